The second-order valence-electron chi connectivity index (χ2n) is 14.8. The third kappa shape index (κ3) is 5.03. The fraction of sp³-hybridized carbons (Fsp3) is 0. The minimum absolute atomic E-state index is 1.15. The average Bonchev–Trinajstić information content (AvgIpc) is 3.81. The van der Waals surface area contributed by atoms with Crippen LogP contribution < -0.4 is 20.7 Å². The maximum absolute atomic E-state index is 2.98. The van der Waals surface area contributed by atoms with E-state index in [0.29, 0.717) is 0 Å². The maximum Gasteiger partial charge on any atom is 0.180 e. The molecule has 9 aromatic carbocycles. The molecular weight excluding hydrogens is 705 g/mol. The van der Waals surface area contributed by atoms with Crippen molar-refractivity contribution in [1.82, 2.24) is 9.13 Å². The van der Waals surface area contributed by atoms with E-state index >= 15 is 0 Å². The van der Waals surface area contributed by atoms with Crippen molar-refractivity contribution >= 4 is 72.4 Å². The third-order valence-electron chi connectivity index (χ3n) is 11.9. The van der Waals surface area contributed by atoms with Crippen LogP contribution in [0.2, 0.25) is 0 Å². The quantitative estimate of drug-likeness (QED) is 0.114. The van der Waals surface area contributed by atoms with Gasteiger partial charge in [0, 0.05) is 27.1 Å². The first-order chi connectivity index (χ1) is 28.3. The van der Waals surface area contributed by atoms with E-state index in [4.69, 9.17) is 0 Å². The summed E-state index contributed by atoms with van der Waals surface area (Å²) in [5.41, 5.74) is 9.49. The minimum Gasteiger partial charge on any atom is -0.309 e. The molecule has 0 unspecified atom stereocenters. The van der Waals surface area contributed by atoms with Crippen molar-refractivity contribution in [3.63, 3.8) is 0 Å². The number of benzene rings is 9. The highest BCUT2D eigenvalue weighted by molar-refractivity contribution is 7.20. The summed E-state index contributed by atoms with van der Waals surface area (Å²) in [6.07, 6.45) is 0. The second kappa shape index (κ2) is 13.5. The van der Waals surface area contributed by atoms with Gasteiger partial charge in [-0.3, -0.25) is 0 Å². The molecule has 268 valence electrons. The maximum atomic E-state index is 2.50. The molecule has 2 nitrogen and oxygen atoms in total. The Bertz CT molecular complexity index is 2900. The molecule has 0 amide bonds. The van der Waals surface area contributed by atoms with Crippen molar-refractivity contribution in [2.75, 3.05) is 0 Å². The van der Waals surface area contributed by atoms with Crippen molar-refractivity contribution in [1.29, 1.82) is 0 Å². The van der Waals surface area contributed by atoms with E-state index in [1.165, 1.54) is 75.5 Å². The number of nitrogens with zero attached hydrogens (tertiary/aromatic N) is 2. The van der Waals surface area contributed by atoms with Gasteiger partial charge in [-0.25, -0.2) is 0 Å². The molecule has 0 aliphatic heterocycles. The average molecular weight is 743 g/mol. The molecule has 0 atom stereocenters. The minimum atomic E-state index is -2.98. The summed E-state index contributed by atoms with van der Waals surface area (Å²) in [6.45, 7) is 0. The lowest BCUT2D eigenvalue weighted by Crippen LogP contribution is -2.75. The molecule has 2 heterocycles. The molecule has 0 fully saturated rings. The van der Waals surface area contributed by atoms with Crippen molar-refractivity contribution in [2.45, 2.75) is 0 Å². The first-order valence-electron chi connectivity index (χ1n) is 19.7. The fourth-order valence-corrected chi connectivity index (χ4v) is 14.6. The zero-order valence-corrected chi connectivity index (χ0v) is 32.3. The summed E-state index contributed by atoms with van der Waals surface area (Å²) >= 11 is 0. The largest absolute Gasteiger partial charge is 0.309 e. The SMILES string of the molecule is c1ccc([Si](c2ccccc2)(c2ccccc2)c2ccccc2-c2c(-n3c4ccccc4c4ccccc43)cccc2-n2c3ccccc3c3ccccc32)cc1. The molecule has 0 radical (unpaired) electrons. The van der Waals surface area contributed by atoms with Gasteiger partial charge in [-0.15, -0.1) is 0 Å². The van der Waals surface area contributed by atoms with Gasteiger partial charge in [0.15, 0.2) is 8.07 Å². The number of aromatic nitrogens is 2. The Morgan fingerprint density at radius 3 is 0.965 bits per heavy atom. The molecule has 57 heavy (non-hydrogen) atoms. The Hall–Kier alpha value is -7.20. The molecule has 2 aromatic heterocycles. The molecule has 11 rings (SSSR count). The van der Waals surface area contributed by atoms with Gasteiger partial charge < -0.3 is 9.13 Å². The van der Waals surface area contributed by atoms with E-state index in [1.54, 1.807) is 0 Å². The summed E-state index contributed by atoms with van der Waals surface area (Å²) < 4.78 is 5.01. The van der Waals surface area contributed by atoms with E-state index in [-0.39, 0.29) is 0 Å². The second-order valence-corrected chi connectivity index (χ2v) is 18.6. The number of hydrogen-bond donors (Lipinski definition) is 0. The van der Waals surface area contributed by atoms with Gasteiger partial charge in [0.05, 0.1) is 33.4 Å². The molecule has 0 saturated carbocycles. The summed E-state index contributed by atoms with van der Waals surface area (Å²) in [5, 5.41) is 10.4. The van der Waals surface area contributed by atoms with E-state index in [9.17, 15) is 0 Å². The lowest BCUT2D eigenvalue weighted by atomic mass is 10.00. The summed E-state index contributed by atoms with van der Waals surface area (Å²) in [7, 11) is -2.98. The van der Waals surface area contributed by atoms with Crippen LogP contribution in [0.15, 0.2) is 231 Å². The molecule has 3 heteroatoms. The van der Waals surface area contributed by atoms with E-state index in [0.717, 1.165) is 11.4 Å². The first kappa shape index (κ1) is 33.2. The van der Waals surface area contributed by atoms with Crippen molar-refractivity contribution in [3.8, 4) is 22.5 Å². The van der Waals surface area contributed by atoms with Crippen LogP contribution in [0.25, 0.3) is 66.1 Å². The van der Waals surface area contributed by atoms with Crippen LogP contribution in [-0.2, 0) is 0 Å². The van der Waals surface area contributed by atoms with Gasteiger partial charge >= 0.3 is 0 Å². The lowest BCUT2D eigenvalue weighted by molar-refractivity contribution is 1.14. The number of rotatable bonds is 7. The molecule has 0 aliphatic carbocycles. The van der Waals surface area contributed by atoms with Crippen LogP contribution in [0.3, 0.4) is 0 Å². The Morgan fingerprint density at radius 1 is 0.263 bits per heavy atom. The highest BCUT2D eigenvalue weighted by atomic mass is 28.3. The number of para-hydroxylation sites is 4. The molecular formula is C54H38N2Si. The normalized spacial score (nSPS) is 11.9. The zero-order chi connectivity index (χ0) is 37.8. The Labute approximate surface area is 333 Å². The fourth-order valence-electron chi connectivity index (χ4n) is 9.60. The summed E-state index contributed by atoms with van der Waals surface area (Å²) in [4.78, 5) is 0. The van der Waals surface area contributed by atoms with Crippen LogP contribution in [0.1, 0.15) is 0 Å². The number of fused-ring (bicyclic) bond motifs is 6. The van der Waals surface area contributed by atoms with Gasteiger partial charge in [-0.1, -0.05) is 194 Å². The zero-order valence-electron chi connectivity index (χ0n) is 31.3. The molecule has 0 aliphatic rings. The summed E-state index contributed by atoms with van der Waals surface area (Å²) in [6, 6.07) is 85.5. The first-order valence-corrected chi connectivity index (χ1v) is 21.7. The van der Waals surface area contributed by atoms with Crippen LogP contribution in [0.4, 0.5) is 0 Å². The molecule has 11 aromatic rings. The van der Waals surface area contributed by atoms with E-state index < -0.39 is 8.07 Å². The molecule has 0 bridgehead atoms. The topological polar surface area (TPSA) is 9.86 Å². The van der Waals surface area contributed by atoms with E-state index in [1.807, 2.05) is 0 Å². The van der Waals surface area contributed by atoms with Gasteiger partial charge in [0.2, 0.25) is 0 Å². The van der Waals surface area contributed by atoms with Crippen LogP contribution >= 0.6 is 0 Å². The predicted molar refractivity (Wildman–Crippen MR) is 244 cm³/mol. The van der Waals surface area contributed by atoms with E-state index in [2.05, 4.69) is 240 Å². The Morgan fingerprint density at radius 2 is 0.579 bits per heavy atom. The van der Waals surface area contributed by atoms with Crippen LogP contribution in [0.5, 0.6) is 0 Å². The highest BCUT2D eigenvalue weighted by Gasteiger charge is 2.43. The molecule has 0 saturated heterocycles. The smallest absolute Gasteiger partial charge is 0.180 e. The Kier molecular flexibility index (Phi) is 7.87. The van der Waals surface area contributed by atoms with Crippen molar-refractivity contribution in [3.05, 3.63) is 231 Å². The predicted octanol–water partition coefficient (Wildman–Crippen LogP) is 10.9. The highest BCUT2D eigenvalue weighted by Crippen LogP contribution is 2.42. The van der Waals surface area contributed by atoms with Crippen LogP contribution in [0, 0.1) is 0 Å². The third-order valence-corrected chi connectivity index (χ3v) is 16.7. The Balaban J connectivity index is 1.35. The van der Waals surface area contributed by atoms with Gasteiger partial charge in [-0.2, -0.15) is 0 Å². The van der Waals surface area contributed by atoms with Gasteiger partial charge in [0.25, 0.3) is 0 Å². The van der Waals surface area contributed by atoms with Gasteiger partial charge in [0.1, 0.15) is 0 Å². The van der Waals surface area contributed by atoms with Crippen molar-refractivity contribution in [2.24, 2.45) is 0 Å². The standard InChI is InChI=1S/C54H38N2Si/c1-4-21-39(22-5-1)57(40-23-6-2-7-24-40,41-25-8-3-9-26-41)53-38-19-14-31-46(53)54-51(55-47-32-15-10-27-42(47)43-28-11-16-33-48(43)55)36-20-37-52(54)56-49-34-17-12-29-44(49)45-30-13-18-35-50(45)56/h1-38H. The van der Waals surface area contributed by atoms with Crippen LogP contribution in [-0.4, -0.2) is 17.2 Å². The summed E-state index contributed by atoms with van der Waals surface area (Å²) in [5.74, 6) is 0. The van der Waals surface area contributed by atoms with Crippen molar-refractivity contribution < 1.29 is 0 Å². The van der Waals surface area contributed by atoms with Gasteiger partial charge in [-0.05, 0) is 62.7 Å². The number of hydrogen-bond acceptors (Lipinski definition) is 0. The molecule has 0 spiro atoms. The lowest BCUT2D eigenvalue weighted by Gasteiger charge is -2.36. The monoisotopic (exact) mass is 742 g/mol. The molecule has 0 N–H and O–H groups in total.